The molecule has 338 valence electrons. The highest BCUT2D eigenvalue weighted by atomic mass is 16.3. The second kappa shape index (κ2) is 15.3. The molecule has 10 aromatic carbocycles. The number of furan rings is 1. The third-order valence-electron chi connectivity index (χ3n) is 15.2. The first-order chi connectivity index (χ1) is 35.5. The van der Waals surface area contributed by atoms with Crippen LogP contribution >= 0.6 is 0 Å². The molecule has 15 rings (SSSR count). The molecule has 6 nitrogen and oxygen atoms in total. The molecule has 1 aliphatic rings. The molecule has 0 bridgehead atoms. The normalized spacial score (nSPS) is 13.0. The molecule has 0 unspecified atom stereocenters. The number of aromatic nitrogens is 5. The molecular formula is C66H43N5O. The first-order valence-corrected chi connectivity index (χ1v) is 24.6. The van der Waals surface area contributed by atoms with E-state index in [0.29, 0.717) is 17.6 Å². The molecule has 72 heavy (non-hydrogen) atoms. The van der Waals surface area contributed by atoms with Gasteiger partial charge in [-0.25, -0.2) is 4.98 Å². The lowest BCUT2D eigenvalue weighted by Crippen LogP contribution is -2.14. The number of benzene rings is 10. The van der Waals surface area contributed by atoms with Gasteiger partial charge in [0.05, 0.1) is 27.8 Å². The third kappa shape index (κ3) is 5.87. The van der Waals surface area contributed by atoms with Gasteiger partial charge in [0, 0.05) is 48.9 Å². The lowest BCUT2D eigenvalue weighted by atomic mass is 9.82. The SMILES string of the molecule is CC1(C)c2ccccc2-c2c(-c3nc(-c4ccccc4)nc(-n4c5ccccc5c5ccc6c7ccccc7n(-c7cc(-c8ccc(-c9ccccc9)cc8)cc8c7oc7ccccc78)c6c54)n3)cccc21. The number of hydrogen-bond donors (Lipinski definition) is 0. The zero-order chi connectivity index (χ0) is 47.7. The summed E-state index contributed by atoms with van der Waals surface area (Å²) in [4.78, 5) is 16.5. The maximum absolute atomic E-state index is 7.00. The van der Waals surface area contributed by atoms with E-state index in [9.17, 15) is 0 Å². The molecule has 0 amide bonds. The highest BCUT2D eigenvalue weighted by molar-refractivity contribution is 6.24. The minimum Gasteiger partial charge on any atom is -0.454 e. The van der Waals surface area contributed by atoms with Crippen LogP contribution in [-0.2, 0) is 5.41 Å². The van der Waals surface area contributed by atoms with E-state index >= 15 is 0 Å². The predicted molar refractivity (Wildman–Crippen MR) is 295 cm³/mol. The Kier molecular flexibility index (Phi) is 8.61. The minimum atomic E-state index is -0.194. The molecule has 0 atom stereocenters. The predicted octanol–water partition coefficient (Wildman–Crippen LogP) is 16.9. The fourth-order valence-corrected chi connectivity index (χ4v) is 11.8. The zero-order valence-electron chi connectivity index (χ0n) is 39.5. The van der Waals surface area contributed by atoms with E-state index in [0.717, 1.165) is 93.5 Å². The summed E-state index contributed by atoms with van der Waals surface area (Å²) in [5.74, 6) is 1.77. The van der Waals surface area contributed by atoms with Gasteiger partial charge in [-0.2, -0.15) is 9.97 Å². The summed E-state index contributed by atoms with van der Waals surface area (Å²) in [5.41, 5.74) is 17.9. The van der Waals surface area contributed by atoms with E-state index in [1.165, 1.54) is 33.4 Å². The lowest BCUT2D eigenvalue weighted by Gasteiger charge is -2.21. The van der Waals surface area contributed by atoms with E-state index in [-0.39, 0.29) is 5.41 Å². The van der Waals surface area contributed by atoms with Crippen LogP contribution < -0.4 is 0 Å². The first-order valence-electron chi connectivity index (χ1n) is 24.6. The molecule has 4 aromatic heterocycles. The van der Waals surface area contributed by atoms with Crippen molar-refractivity contribution in [1.29, 1.82) is 0 Å². The Morgan fingerprint density at radius 2 is 0.917 bits per heavy atom. The van der Waals surface area contributed by atoms with Crippen molar-refractivity contribution in [2.45, 2.75) is 19.3 Å². The van der Waals surface area contributed by atoms with Crippen LogP contribution in [0.15, 0.2) is 229 Å². The van der Waals surface area contributed by atoms with E-state index in [4.69, 9.17) is 19.4 Å². The maximum Gasteiger partial charge on any atom is 0.238 e. The Morgan fingerprint density at radius 1 is 0.375 bits per heavy atom. The molecule has 0 saturated heterocycles. The van der Waals surface area contributed by atoms with Gasteiger partial charge in [0.2, 0.25) is 5.95 Å². The van der Waals surface area contributed by atoms with E-state index < -0.39 is 0 Å². The summed E-state index contributed by atoms with van der Waals surface area (Å²) in [5, 5.41) is 6.57. The number of hydrogen-bond acceptors (Lipinski definition) is 4. The molecule has 0 N–H and O–H groups in total. The van der Waals surface area contributed by atoms with Gasteiger partial charge in [0.15, 0.2) is 17.2 Å². The van der Waals surface area contributed by atoms with Crippen LogP contribution in [0, 0.1) is 0 Å². The summed E-state index contributed by atoms with van der Waals surface area (Å²) in [6, 6.07) is 80.0. The van der Waals surface area contributed by atoms with E-state index in [1.807, 2.05) is 24.3 Å². The van der Waals surface area contributed by atoms with Gasteiger partial charge in [0.1, 0.15) is 5.58 Å². The van der Waals surface area contributed by atoms with Crippen molar-refractivity contribution < 1.29 is 4.42 Å². The standard InChI is InChI=1S/C66H43N5O/c1-66(2)53-27-13-9-25-50(53)59-51(26-17-28-54(59)66)64-67-63(43-20-7-4-8-21-43)68-65(69-64)71-56-30-15-11-23-46(56)49-37-36-48-45-22-10-14-29-55(45)70(60(48)61(49)71)57-39-44(38-52-47-24-12-16-31-58(47)72-62(52)57)42-34-32-41(33-35-42)40-18-5-3-6-19-40/h3-39H,1-2H3. The fourth-order valence-electron chi connectivity index (χ4n) is 11.8. The molecular weight excluding hydrogens is 879 g/mol. The monoisotopic (exact) mass is 921 g/mol. The van der Waals surface area contributed by atoms with E-state index in [1.54, 1.807) is 0 Å². The van der Waals surface area contributed by atoms with Crippen LogP contribution in [0.5, 0.6) is 0 Å². The highest BCUT2D eigenvalue weighted by Crippen LogP contribution is 2.52. The Bertz CT molecular complexity index is 4520. The van der Waals surface area contributed by atoms with Crippen LogP contribution in [0.4, 0.5) is 0 Å². The van der Waals surface area contributed by atoms with Crippen molar-refractivity contribution in [3.05, 3.63) is 236 Å². The topological polar surface area (TPSA) is 61.7 Å². The van der Waals surface area contributed by atoms with Crippen molar-refractivity contribution in [2.24, 2.45) is 0 Å². The second-order valence-corrected chi connectivity index (χ2v) is 19.5. The second-order valence-electron chi connectivity index (χ2n) is 19.5. The van der Waals surface area contributed by atoms with Gasteiger partial charge in [-0.3, -0.25) is 4.57 Å². The van der Waals surface area contributed by atoms with Crippen LogP contribution in [0.25, 0.3) is 133 Å². The Balaban J connectivity index is 1.06. The van der Waals surface area contributed by atoms with Crippen molar-refractivity contribution in [1.82, 2.24) is 24.1 Å². The summed E-state index contributed by atoms with van der Waals surface area (Å²) < 4.78 is 11.7. The summed E-state index contributed by atoms with van der Waals surface area (Å²) in [7, 11) is 0. The summed E-state index contributed by atoms with van der Waals surface area (Å²) in [6.07, 6.45) is 0. The van der Waals surface area contributed by atoms with Gasteiger partial charge < -0.3 is 8.98 Å². The number of rotatable bonds is 6. The van der Waals surface area contributed by atoms with Crippen molar-refractivity contribution >= 4 is 65.6 Å². The molecule has 1 aliphatic carbocycles. The Hall–Kier alpha value is -9.39. The number of nitrogens with zero attached hydrogens (tertiary/aromatic N) is 5. The van der Waals surface area contributed by atoms with Crippen molar-refractivity contribution in [2.75, 3.05) is 0 Å². The summed E-state index contributed by atoms with van der Waals surface area (Å²) in [6.45, 7) is 4.63. The molecule has 4 heterocycles. The molecule has 0 radical (unpaired) electrons. The highest BCUT2D eigenvalue weighted by Gasteiger charge is 2.37. The maximum atomic E-state index is 7.00. The molecule has 14 aromatic rings. The third-order valence-corrected chi connectivity index (χ3v) is 15.2. The van der Waals surface area contributed by atoms with Crippen LogP contribution in [-0.4, -0.2) is 24.1 Å². The average Bonchev–Trinajstić information content (AvgIpc) is 4.16. The molecule has 0 spiro atoms. The lowest BCUT2D eigenvalue weighted by molar-refractivity contribution is 0.660. The van der Waals surface area contributed by atoms with E-state index in [2.05, 4.69) is 223 Å². The average molecular weight is 922 g/mol. The largest absolute Gasteiger partial charge is 0.454 e. The van der Waals surface area contributed by atoms with Crippen LogP contribution in [0.3, 0.4) is 0 Å². The summed E-state index contributed by atoms with van der Waals surface area (Å²) >= 11 is 0. The molecule has 0 saturated carbocycles. The van der Waals surface area contributed by atoms with Crippen molar-refractivity contribution in [3.63, 3.8) is 0 Å². The minimum absolute atomic E-state index is 0.194. The van der Waals surface area contributed by atoms with Crippen LogP contribution in [0.1, 0.15) is 25.0 Å². The van der Waals surface area contributed by atoms with Gasteiger partial charge in [-0.1, -0.05) is 208 Å². The van der Waals surface area contributed by atoms with Gasteiger partial charge in [-0.15, -0.1) is 0 Å². The smallest absolute Gasteiger partial charge is 0.238 e. The Morgan fingerprint density at radius 3 is 1.65 bits per heavy atom. The number of para-hydroxylation sites is 3. The molecule has 6 heteroatoms. The van der Waals surface area contributed by atoms with Gasteiger partial charge in [-0.05, 0) is 74.8 Å². The quantitative estimate of drug-likeness (QED) is 0.167. The first kappa shape index (κ1) is 40.5. The number of fused-ring (bicyclic) bond motifs is 13. The fraction of sp³-hybridized carbons (Fsp3) is 0.0455. The zero-order valence-corrected chi connectivity index (χ0v) is 39.5. The van der Waals surface area contributed by atoms with Gasteiger partial charge >= 0.3 is 0 Å². The van der Waals surface area contributed by atoms with Crippen molar-refractivity contribution in [3.8, 4) is 67.8 Å². The van der Waals surface area contributed by atoms with Crippen LogP contribution in [0.2, 0.25) is 0 Å². The molecule has 0 aliphatic heterocycles. The Labute approximate surface area is 414 Å². The molecule has 0 fully saturated rings. The van der Waals surface area contributed by atoms with Gasteiger partial charge in [0.25, 0.3) is 0 Å².